The van der Waals surface area contributed by atoms with Crippen molar-refractivity contribution in [1.29, 1.82) is 0 Å². The first-order valence-electron chi connectivity index (χ1n) is 7.71. The molecular formula is C15H25NO4. The van der Waals surface area contributed by atoms with Crippen LogP contribution in [0.2, 0.25) is 0 Å². The molecule has 0 radical (unpaired) electrons. The molecule has 0 bridgehead atoms. The zero-order valence-corrected chi connectivity index (χ0v) is 12.3. The normalized spacial score (nSPS) is 29.3. The topological polar surface area (TPSA) is 70.8 Å². The second kappa shape index (κ2) is 4.97. The van der Waals surface area contributed by atoms with Crippen molar-refractivity contribution in [3.8, 4) is 0 Å². The van der Waals surface area contributed by atoms with Crippen LogP contribution in [0.3, 0.4) is 0 Å². The zero-order valence-electron chi connectivity index (χ0n) is 12.3. The van der Waals surface area contributed by atoms with Crippen LogP contribution in [0.15, 0.2) is 0 Å². The zero-order chi connectivity index (χ0) is 14.3. The molecule has 2 saturated carbocycles. The van der Waals surface area contributed by atoms with Gasteiger partial charge in [-0.15, -0.1) is 0 Å². The van der Waals surface area contributed by atoms with Crippen LogP contribution in [0.25, 0.3) is 0 Å². The Morgan fingerprint density at radius 1 is 1.15 bits per heavy atom. The van der Waals surface area contributed by atoms with E-state index < -0.39 is 0 Å². The van der Waals surface area contributed by atoms with E-state index >= 15 is 0 Å². The van der Waals surface area contributed by atoms with Crippen LogP contribution in [0.4, 0.5) is 0 Å². The fraction of sp³-hybridized carbons (Fsp3) is 0.933. The number of ether oxygens (including phenoxy) is 3. The predicted octanol–water partition coefficient (Wildman–Crippen LogP) is 1.73. The Labute approximate surface area is 120 Å². The molecule has 2 N–H and O–H groups in total. The maximum absolute atomic E-state index is 11.6. The van der Waals surface area contributed by atoms with Crippen molar-refractivity contribution >= 4 is 5.97 Å². The highest BCUT2D eigenvalue weighted by Crippen LogP contribution is 2.59. The van der Waals surface area contributed by atoms with Crippen molar-refractivity contribution in [3.63, 3.8) is 0 Å². The summed E-state index contributed by atoms with van der Waals surface area (Å²) in [5, 5.41) is 0. The van der Waals surface area contributed by atoms with Crippen LogP contribution in [-0.2, 0) is 19.0 Å². The maximum Gasteiger partial charge on any atom is 0.307 e. The fourth-order valence-corrected chi connectivity index (χ4v) is 4.37. The van der Waals surface area contributed by atoms with Crippen molar-refractivity contribution in [2.45, 2.75) is 63.2 Å². The van der Waals surface area contributed by atoms with Crippen LogP contribution < -0.4 is 5.73 Å². The van der Waals surface area contributed by atoms with Crippen LogP contribution in [0.1, 0.15) is 51.9 Å². The first-order valence-corrected chi connectivity index (χ1v) is 7.71. The Morgan fingerprint density at radius 2 is 1.75 bits per heavy atom. The Kier molecular flexibility index (Phi) is 3.55. The molecule has 3 aliphatic rings. The number of hydrogen-bond acceptors (Lipinski definition) is 5. The van der Waals surface area contributed by atoms with Gasteiger partial charge >= 0.3 is 5.97 Å². The second-order valence-corrected chi connectivity index (χ2v) is 6.81. The van der Waals surface area contributed by atoms with Gasteiger partial charge in [-0.25, -0.2) is 0 Å². The van der Waals surface area contributed by atoms with Gasteiger partial charge in [0.05, 0.1) is 26.2 Å². The average molecular weight is 283 g/mol. The minimum absolute atomic E-state index is 0.167. The monoisotopic (exact) mass is 283 g/mol. The first kappa shape index (κ1) is 14.3. The maximum atomic E-state index is 11.6. The summed E-state index contributed by atoms with van der Waals surface area (Å²) in [5.74, 6) is -0.473. The lowest BCUT2D eigenvalue weighted by Crippen LogP contribution is -2.61. The largest absolute Gasteiger partial charge is 0.466 e. The summed E-state index contributed by atoms with van der Waals surface area (Å²) in [7, 11) is 0. The highest BCUT2D eigenvalue weighted by Gasteiger charge is 2.57. The molecule has 0 amide bonds. The lowest BCUT2D eigenvalue weighted by atomic mass is 9.51. The van der Waals surface area contributed by atoms with Crippen LogP contribution >= 0.6 is 0 Å². The van der Waals surface area contributed by atoms with Gasteiger partial charge in [-0.3, -0.25) is 4.79 Å². The number of carbonyl (C=O) groups is 1. The van der Waals surface area contributed by atoms with Crippen molar-refractivity contribution in [3.05, 3.63) is 0 Å². The van der Waals surface area contributed by atoms with E-state index in [2.05, 4.69) is 0 Å². The molecule has 3 rings (SSSR count). The molecule has 0 aromatic heterocycles. The predicted molar refractivity (Wildman–Crippen MR) is 72.9 cm³/mol. The van der Waals surface area contributed by atoms with E-state index in [-0.39, 0.29) is 17.3 Å². The van der Waals surface area contributed by atoms with Crippen molar-refractivity contribution < 1.29 is 19.0 Å². The molecule has 1 aliphatic heterocycles. The lowest BCUT2D eigenvalue weighted by Gasteiger charge is -2.58. The first-order chi connectivity index (χ1) is 9.49. The number of rotatable bonds is 3. The fourth-order valence-electron chi connectivity index (χ4n) is 4.37. The molecule has 0 unspecified atom stereocenters. The second-order valence-electron chi connectivity index (χ2n) is 6.81. The quantitative estimate of drug-likeness (QED) is 0.799. The summed E-state index contributed by atoms with van der Waals surface area (Å²) in [4.78, 5) is 11.6. The molecular weight excluding hydrogens is 258 g/mol. The van der Waals surface area contributed by atoms with E-state index in [0.717, 1.165) is 51.7 Å². The van der Waals surface area contributed by atoms with Gasteiger partial charge in [0.2, 0.25) is 0 Å². The highest BCUT2D eigenvalue weighted by molar-refractivity contribution is 5.71. The third kappa shape index (κ3) is 2.59. The average Bonchev–Trinajstić information content (AvgIpc) is 2.80. The molecule has 114 valence electrons. The molecule has 0 aromatic rings. The van der Waals surface area contributed by atoms with E-state index in [1.54, 1.807) is 0 Å². The van der Waals surface area contributed by atoms with E-state index in [1.165, 1.54) is 0 Å². The molecule has 20 heavy (non-hydrogen) atoms. The van der Waals surface area contributed by atoms with Gasteiger partial charge in [0.15, 0.2) is 5.79 Å². The molecule has 2 aliphatic carbocycles. The minimum atomic E-state index is -0.353. The van der Waals surface area contributed by atoms with E-state index in [1.807, 2.05) is 6.92 Å². The van der Waals surface area contributed by atoms with Gasteiger partial charge in [-0.2, -0.15) is 0 Å². The Balaban J connectivity index is 1.51. The Morgan fingerprint density at radius 3 is 2.30 bits per heavy atom. The van der Waals surface area contributed by atoms with Gasteiger partial charge in [-0.05, 0) is 38.0 Å². The summed E-state index contributed by atoms with van der Waals surface area (Å²) in [6.45, 7) is 3.69. The molecule has 0 aromatic carbocycles. The van der Waals surface area contributed by atoms with E-state index in [0.29, 0.717) is 18.4 Å². The minimum Gasteiger partial charge on any atom is -0.466 e. The molecule has 5 heteroatoms. The Bertz CT molecular complexity index is 371. The van der Waals surface area contributed by atoms with Crippen molar-refractivity contribution in [2.75, 3.05) is 19.8 Å². The number of nitrogens with two attached hydrogens (primary N) is 1. The molecule has 1 heterocycles. The van der Waals surface area contributed by atoms with Gasteiger partial charge in [0, 0.05) is 18.4 Å². The van der Waals surface area contributed by atoms with Crippen molar-refractivity contribution in [1.82, 2.24) is 0 Å². The third-order valence-corrected chi connectivity index (χ3v) is 5.14. The van der Waals surface area contributed by atoms with Gasteiger partial charge in [0.25, 0.3) is 0 Å². The molecule has 1 saturated heterocycles. The van der Waals surface area contributed by atoms with E-state index in [9.17, 15) is 4.79 Å². The summed E-state index contributed by atoms with van der Waals surface area (Å²) in [6.07, 6.45) is 6.30. The standard InChI is InChI=1S/C15H25NO4/c1-2-18-12(17)9-14(16)10-13(11-14)3-5-15(6-4-13)19-7-8-20-15/h2-11,16H2,1H3. The summed E-state index contributed by atoms with van der Waals surface area (Å²) >= 11 is 0. The van der Waals surface area contributed by atoms with Crippen LogP contribution in [0.5, 0.6) is 0 Å². The van der Waals surface area contributed by atoms with Crippen LogP contribution in [-0.4, -0.2) is 37.1 Å². The lowest BCUT2D eigenvalue weighted by molar-refractivity contribution is -0.205. The summed E-state index contributed by atoms with van der Waals surface area (Å²) in [6, 6.07) is 0. The van der Waals surface area contributed by atoms with Crippen LogP contribution in [0, 0.1) is 5.41 Å². The smallest absolute Gasteiger partial charge is 0.307 e. The van der Waals surface area contributed by atoms with Crippen molar-refractivity contribution in [2.24, 2.45) is 11.1 Å². The molecule has 3 fully saturated rings. The van der Waals surface area contributed by atoms with E-state index in [4.69, 9.17) is 19.9 Å². The number of carbonyl (C=O) groups excluding carboxylic acids is 1. The third-order valence-electron chi connectivity index (χ3n) is 5.14. The highest BCUT2D eigenvalue weighted by atomic mass is 16.7. The number of esters is 1. The van der Waals surface area contributed by atoms with Gasteiger partial charge in [0.1, 0.15) is 0 Å². The SMILES string of the molecule is CCOC(=O)CC1(N)CC2(CCC3(CC2)OCCO3)C1. The summed E-state index contributed by atoms with van der Waals surface area (Å²) < 4.78 is 16.5. The Hall–Kier alpha value is -0.650. The van der Waals surface area contributed by atoms with Gasteiger partial charge in [-0.1, -0.05) is 0 Å². The molecule has 0 atom stereocenters. The molecule has 5 nitrogen and oxygen atoms in total. The summed E-state index contributed by atoms with van der Waals surface area (Å²) in [5.41, 5.74) is 6.28. The van der Waals surface area contributed by atoms with Gasteiger partial charge < -0.3 is 19.9 Å². The number of hydrogen-bond donors (Lipinski definition) is 1. The molecule has 2 spiro atoms.